The molecule has 29 heavy (non-hydrogen) atoms. The number of hydrogen-bond donors (Lipinski definition) is 0. The van der Waals surface area contributed by atoms with Gasteiger partial charge in [-0.2, -0.15) is 5.10 Å². The van der Waals surface area contributed by atoms with Crippen molar-refractivity contribution < 1.29 is 0 Å². The Bertz CT molecular complexity index is 996. The molecule has 0 amide bonds. The maximum atomic E-state index is 4.98. The fourth-order valence-corrected chi connectivity index (χ4v) is 4.81. The zero-order valence-electron chi connectivity index (χ0n) is 17.3. The highest BCUT2D eigenvalue weighted by atomic mass is 15.3. The van der Waals surface area contributed by atoms with Gasteiger partial charge in [0.05, 0.1) is 22.8 Å². The van der Waals surface area contributed by atoms with E-state index in [4.69, 9.17) is 10.1 Å². The minimum atomic E-state index is 0.647. The molecular formula is C23H28N6. The van der Waals surface area contributed by atoms with E-state index in [1.807, 2.05) is 35.1 Å². The Labute approximate surface area is 172 Å². The lowest BCUT2D eigenvalue weighted by molar-refractivity contribution is 0.133. The van der Waals surface area contributed by atoms with Crippen LogP contribution in [0.15, 0.2) is 42.6 Å². The third-order valence-corrected chi connectivity index (χ3v) is 6.31. The normalized spacial score (nSPS) is 19.9. The zero-order chi connectivity index (χ0) is 19.8. The van der Waals surface area contributed by atoms with Gasteiger partial charge in [-0.25, -0.2) is 14.6 Å². The van der Waals surface area contributed by atoms with E-state index >= 15 is 0 Å². The van der Waals surface area contributed by atoms with Crippen molar-refractivity contribution in [2.45, 2.75) is 39.2 Å². The third-order valence-electron chi connectivity index (χ3n) is 6.31. The molecule has 3 aromatic rings. The van der Waals surface area contributed by atoms with Crippen LogP contribution in [0.2, 0.25) is 0 Å². The van der Waals surface area contributed by atoms with Gasteiger partial charge in [-0.15, -0.1) is 0 Å². The van der Waals surface area contributed by atoms with Gasteiger partial charge in [0.25, 0.3) is 0 Å². The van der Waals surface area contributed by atoms with Crippen molar-refractivity contribution in [1.82, 2.24) is 24.6 Å². The number of aryl methyl sites for hydroxylation is 1. The summed E-state index contributed by atoms with van der Waals surface area (Å²) in [5, 5.41) is 4.79. The zero-order valence-corrected chi connectivity index (χ0v) is 17.3. The SMILES string of the molecule is Cc1nn(-c2ccccc2)c(C)c1-c1ccnc(N2CCN3CCCCC3C2)n1. The van der Waals surface area contributed by atoms with Crippen molar-refractivity contribution in [2.75, 3.05) is 31.1 Å². The predicted molar refractivity (Wildman–Crippen MR) is 115 cm³/mol. The molecule has 1 atom stereocenters. The van der Waals surface area contributed by atoms with Crippen LogP contribution in [0.5, 0.6) is 0 Å². The van der Waals surface area contributed by atoms with E-state index in [1.54, 1.807) is 0 Å². The van der Waals surface area contributed by atoms with Gasteiger partial charge in [-0.05, 0) is 51.4 Å². The average Bonchev–Trinajstić information content (AvgIpc) is 3.08. The monoisotopic (exact) mass is 388 g/mol. The van der Waals surface area contributed by atoms with Gasteiger partial charge >= 0.3 is 0 Å². The molecule has 1 unspecified atom stereocenters. The highest BCUT2D eigenvalue weighted by Gasteiger charge is 2.30. The van der Waals surface area contributed by atoms with Crippen molar-refractivity contribution >= 4 is 5.95 Å². The summed E-state index contributed by atoms with van der Waals surface area (Å²) in [5.41, 5.74) is 5.23. The Hall–Kier alpha value is -2.73. The molecule has 2 fully saturated rings. The Morgan fingerprint density at radius 1 is 0.966 bits per heavy atom. The molecule has 6 nitrogen and oxygen atoms in total. The quantitative estimate of drug-likeness (QED) is 0.686. The molecule has 5 rings (SSSR count). The average molecular weight is 389 g/mol. The first-order chi connectivity index (χ1) is 14.2. The standard InChI is InChI=1S/C23H28N6/c1-17-22(18(2)29(26-17)19-8-4-3-5-9-19)21-11-12-24-23(25-21)28-15-14-27-13-7-6-10-20(27)16-28/h3-5,8-9,11-12,20H,6-7,10,13-16H2,1-2H3. The van der Waals surface area contributed by atoms with Gasteiger partial charge in [-0.3, -0.25) is 4.90 Å². The first-order valence-corrected chi connectivity index (χ1v) is 10.6. The maximum absolute atomic E-state index is 4.98. The summed E-state index contributed by atoms with van der Waals surface area (Å²) >= 11 is 0. The second kappa shape index (κ2) is 7.59. The van der Waals surface area contributed by atoms with Crippen molar-refractivity contribution in [3.05, 3.63) is 54.0 Å². The molecule has 2 aliphatic heterocycles. The van der Waals surface area contributed by atoms with Crippen LogP contribution in [-0.2, 0) is 0 Å². The van der Waals surface area contributed by atoms with Crippen LogP contribution in [0.3, 0.4) is 0 Å². The van der Waals surface area contributed by atoms with Crippen LogP contribution in [0.4, 0.5) is 5.95 Å². The summed E-state index contributed by atoms with van der Waals surface area (Å²) < 4.78 is 2.01. The predicted octanol–water partition coefficient (Wildman–Crippen LogP) is 3.62. The van der Waals surface area contributed by atoms with Gasteiger partial charge in [0.15, 0.2) is 0 Å². The Kier molecular flexibility index (Phi) is 4.79. The topological polar surface area (TPSA) is 50.1 Å². The molecule has 1 aromatic carbocycles. The summed E-state index contributed by atoms with van der Waals surface area (Å²) in [6.45, 7) is 8.57. The molecule has 6 heteroatoms. The molecule has 0 N–H and O–H groups in total. The minimum absolute atomic E-state index is 0.647. The molecule has 0 radical (unpaired) electrons. The highest BCUT2D eigenvalue weighted by molar-refractivity contribution is 5.66. The van der Waals surface area contributed by atoms with Crippen LogP contribution >= 0.6 is 0 Å². The second-order valence-corrected chi connectivity index (χ2v) is 8.17. The van der Waals surface area contributed by atoms with E-state index in [1.165, 1.54) is 25.8 Å². The van der Waals surface area contributed by atoms with Crippen LogP contribution in [0.1, 0.15) is 30.7 Å². The number of benzene rings is 1. The number of anilines is 1. The fourth-order valence-electron chi connectivity index (χ4n) is 4.81. The van der Waals surface area contributed by atoms with E-state index in [2.05, 4.69) is 40.8 Å². The lowest BCUT2D eigenvalue weighted by Crippen LogP contribution is -2.55. The Balaban J connectivity index is 1.45. The number of piperazine rings is 1. The molecular weight excluding hydrogens is 360 g/mol. The van der Waals surface area contributed by atoms with Gasteiger partial charge in [0.2, 0.25) is 5.95 Å². The first kappa shape index (κ1) is 18.3. The number of rotatable bonds is 3. The largest absolute Gasteiger partial charge is 0.338 e. The maximum Gasteiger partial charge on any atom is 0.225 e. The molecule has 0 spiro atoms. The molecule has 0 bridgehead atoms. The molecule has 2 aliphatic rings. The first-order valence-electron chi connectivity index (χ1n) is 10.6. The molecule has 0 saturated carbocycles. The van der Waals surface area contributed by atoms with Gasteiger partial charge < -0.3 is 4.90 Å². The number of para-hydroxylation sites is 1. The smallest absolute Gasteiger partial charge is 0.225 e. The molecule has 2 saturated heterocycles. The summed E-state index contributed by atoms with van der Waals surface area (Å²) in [5.74, 6) is 0.846. The van der Waals surface area contributed by atoms with Crippen LogP contribution in [0.25, 0.3) is 16.9 Å². The van der Waals surface area contributed by atoms with Crippen LogP contribution < -0.4 is 4.90 Å². The van der Waals surface area contributed by atoms with Crippen molar-refractivity contribution in [3.8, 4) is 16.9 Å². The third kappa shape index (κ3) is 3.42. The van der Waals surface area contributed by atoms with Crippen molar-refractivity contribution in [3.63, 3.8) is 0 Å². The van der Waals surface area contributed by atoms with Gasteiger partial charge in [-0.1, -0.05) is 24.6 Å². The number of piperidine rings is 1. The van der Waals surface area contributed by atoms with E-state index in [9.17, 15) is 0 Å². The summed E-state index contributed by atoms with van der Waals surface area (Å²) in [7, 11) is 0. The summed E-state index contributed by atoms with van der Waals surface area (Å²) in [6.07, 6.45) is 5.86. The molecule has 150 valence electrons. The Morgan fingerprint density at radius 2 is 1.83 bits per heavy atom. The van der Waals surface area contributed by atoms with Crippen LogP contribution in [-0.4, -0.2) is 56.9 Å². The molecule has 2 aromatic heterocycles. The number of hydrogen-bond acceptors (Lipinski definition) is 5. The summed E-state index contributed by atoms with van der Waals surface area (Å²) in [4.78, 5) is 14.6. The Morgan fingerprint density at radius 3 is 2.69 bits per heavy atom. The highest BCUT2D eigenvalue weighted by Crippen LogP contribution is 2.29. The van der Waals surface area contributed by atoms with E-state index < -0.39 is 0 Å². The molecule has 4 heterocycles. The van der Waals surface area contributed by atoms with E-state index in [0.29, 0.717) is 6.04 Å². The lowest BCUT2D eigenvalue weighted by atomic mass is 10.00. The minimum Gasteiger partial charge on any atom is -0.338 e. The lowest BCUT2D eigenvalue weighted by Gasteiger charge is -2.44. The number of aromatic nitrogens is 4. The summed E-state index contributed by atoms with van der Waals surface area (Å²) in [6, 6.07) is 12.9. The van der Waals surface area contributed by atoms with Gasteiger partial charge in [0.1, 0.15) is 0 Å². The number of nitrogens with zero attached hydrogens (tertiary/aromatic N) is 6. The van der Waals surface area contributed by atoms with E-state index in [-0.39, 0.29) is 0 Å². The second-order valence-electron chi connectivity index (χ2n) is 8.17. The molecule has 0 aliphatic carbocycles. The van der Waals surface area contributed by atoms with Crippen molar-refractivity contribution in [1.29, 1.82) is 0 Å². The number of fused-ring (bicyclic) bond motifs is 1. The van der Waals surface area contributed by atoms with Crippen LogP contribution in [0, 0.1) is 13.8 Å². The van der Waals surface area contributed by atoms with Crippen molar-refractivity contribution in [2.24, 2.45) is 0 Å². The van der Waals surface area contributed by atoms with Gasteiger partial charge in [0, 0.05) is 37.4 Å². The fraction of sp³-hybridized carbons (Fsp3) is 0.435. The van der Waals surface area contributed by atoms with E-state index in [0.717, 1.165) is 53.9 Å².